The zero-order chi connectivity index (χ0) is 13.2. The topological polar surface area (TPSA) is 50.8 Å². The van der Waals surface area contributed by atoms with E-state index >= 15 is 0 Å². The first kappa shape index (κ1) is 13.8. The van der Waals surface area contributed by atoms with E-state index in [0.717, 1.165) is 25.9 Å². The summed E-state index contributed by atoms with van der Waals surface area (Å²) in [6.45, 7) is 6.00. The zero-order valence-electron chi connectivity index (χ0n) is 11.6. The highest BCUT2D eigenvalue weighted by Crippen LogP contribution is 2.27. The lowest BCUT2D eigenvalue weighted by atomic mass is 10.0. The van der Waals surface area contributed by atoms with E-state index < -0.39 is 0 Å². The van der Waals surface area contributed by atoms with Gasteiger partial charge in [0.15, 0.2) is 0 Å². The van der Waals surface area contributed by atoms with E-state index in [4.69, 9.17) is 9.47 Å². The molecule has 0 bridgehead atoms. The summed E-state index contributed by atoms with van der Waals surface area (Å²) < 4.78 is 11.1. The third-order valence-corrected chi connectivity index (χ3v) is 3.99. The first-order valence-electron chi connectivity index (χ1n) is 6.81. The standard InChI is InChI=1S/C13H24N2O3/c1-4-5-11-14-10(2)12(16)15(11)8-13(17-3)6-7-18-9-13/h10-11,14H,4-9H2,1-3H3. The molecule has 0 radical (unpaired) electrons. The van der Waals surface area contributed by atoms with Gasteiger partial charge in [0.2, 0.25) is 5.91 Å². The summed E-state index contributed by atoms with van der Waals surface area (Å²) in [6.07, 6.45) is 3.05. The second-order valence-electron chi connectivity index (χ2n) is 5.35. The molecular formula is C13H24N2O3. The Hall–Kier alpha value is -0.650. The molecule has 0 aromatic heterocycles. The number of hydrogen-bond donors (Lipinski definition) is 1. The van der Waals surface area contributed by atoms with Crippen LogP contribution in [0.1, 0.15) is 33.1 Å². The van der Waals surface area contributed by atoms with Crippen molar-refractivity contribution in [3.8, 4) is 0 Å². The van der Waals surface area contributed by atoms with Gasteiger partial charge in [-0.3, -0.25) is 10.1 Å². The molecule has 0 aliphatic carbocycles. The number of rotatable bonds is 5. The Morgan fingerprint density at radius 2 is 2.39 bits per heavy atom. The molecule has 2 heterocycles. The maximum Gasteiger partial charge on any atom is 0.240 e. The van der Waals surface area contributed by atoms with Gasteiger partial charge in [-0.2, -0.15) is 0 Å². The van der Waals surface area contributed by atoms with Crippen molar-refractivity contribution in [2.24, 2.45) is 0 Å². The van der Waals surface area contributed by atoms with Crippen LogP contribution in [0.15, 0.2) is 0 Å². The van der Waals surface area contributed by atoms with Gasteiger partial charge >= 0.3 is 0 Å². The van der Waals surface area contributed by atoms with Crippen molar-refractivity contribution in [1.29, 1.82) is 0 Å². The van der Waals surface area contributed by atoms with Gasteiger partial charge in [-0.15, -0.1) is 0 Å². The third-order valence-electron chi connectivity index (χ3n) is 3.99. The summed E-state index contributed by atoms with van der Waals surface area (Å²) in [5.74, 6) is 0.178. The van der Waals surface area contributed by atoms with Crippen LogP contribution in [0.25, 0.3) is 0 Å². The van der Waals surface area contributed by atoms with E-state index in [1.807, 2.05) is 11.8 Å². The highest BCUT2D eigenvalue weighted by molar-refractivity contribution is 5.84. The molecule has 3 unspecified atom stereocenters. The summed E-state index contributed by atoms with van der Waals surface area (Å²) in [6, 6.07) is -0.0854. The molecule has 2 aliphatic rings. The normalized spacial score (nSPS) is 36.6. The molecule has 104 valence electrons. The molecule has 0 aromatic carbocycles. The van der Waals surface area contributed by atoms with Crippen molar-refractivity contribution in [1.82, 2.24) is 10.2 Å². The Morgan fingerprint density at radius 3 is 2.94 bits per heavy atom. The predicted molar refractivity (Wildman–Crippen MR) is 68.2 cm³/mol. The van der Waals surface area contributed by atoms with Crippen LogP contribution in [-0.4, -0.2) is 55.5 Å². The molecule has 1 amide bonds. The lowest BCUT2D eigenvalue weighted by Crippen LogP contribution is -2.49. The Balaban J connectivity index is 2.07. The van der Waals surface area contributed by atoms with E-state index in [1.165, 1.54) is 0 Å². The molecule has 1 N–H and O–H groups in total. The van der Waals surface area contributed by atoms with Crippen LogP contribution in [0.5, 0.6) is 0 Å². The average Bonchev–Trinajstić information content (AvgIpc) is 2.92. The molecule has 0 aromatic rings. The molecule has 3 atom stereocenters. The summed E-state index contributed by atoms with van der Waals surface area (Å²) in [5.41, 5.74) is -0.312. The van der Waals surface area contributed by atoms with Gasteiger partial charge in [-0.25, -0.2) is 0 Å². The van der Waals surface area contributed by atoms with Crippen molar-refractivity contribution in [2.75, 3.05) is 26.9 Å². The van der Waals surface area contributed by atoms with E-state index in [9.17, 15) is 4.79 Å². The van der Waals surface area contributed by atoms with Crippen molar-refractivity contribution in [3.05, 3.63) is 0 Å². The van der Waals surface area contributed by atoms with Crippen LogP contribution in [0.3, 0.4) is 0 Å². The zero-order valence-corrected chi connectivity index (χ0v) is 11.6. The fraction of sp³-hybridized carbons (Fsp3) is 0.923. The second kappa shape index (κ2) is 5.55. The van der Waals surface area contributed by atoms with Crippen molar-refractivity contribution < 1.29 is 14.3 Å². The number of carbonyl (C=O) groups is 1. The molecule has 5 nitrogen and oxygen atoms in total. The lowest BCUT2D eigenvalue weighted by molar-refractivity contribution is -0.134. The highest BCUT2D eigenvalue weighted by Gasteiger charge is 2.43. The lowest BCUT2D eigenvalue weighted by Gasteiger charge is -2.33. The number of nitrogens with zero attached hydrogens (tertiary/aromatic N) is 1. The largest absolute Gasteiger partial charge is 0.378 e. The first-order chi connectivity index (χ1) is 8.62. The summed E-state index contributed by atoms with van der Waals surface area (Å²) in [7, 11) is 1.71. The van der Waals surface area contributed by atoms with Gasteiger partial charge in [0.1, 0.15) is 5.60 Å². The minimum absolute atomic E-state index is 0.0854. The molecule has 5 heteroatoms. The molecule has 2 aliphatic heterocycles. The number of methoxy groups -OCH3 is 1. The van der Waals surface area contributed by atoms with Crippen LogP contribution in [0.2, 0.25) is 0 Å². The van der Waals surface area contributed by atoms with Crippen molar-refractivity contribution in [2.45, 2.75) is 50.9 Å². The minimum atomic E-state index is -0.312. The molecule has 18 heavy (non-hydrogen) atoms. The first-order valence-corrected chi connectivity index (χ1v) is 6.81. The van der Waals surface area contributed by atoms with Crippen LogP contribution in [-0.2, 0) is 14.3 Å². The fourth-order valence-electron chi connectivity index (χ4n) is 2.80. The Morgan fingerprint density at radius 1 is 1.61 bits per heavy atom. The van der Waals surface area contributed by atoms with E-state index in [1.54, 1.807) is 7.11 Å². The third kappa shape index (κ3) is 2.53. The fourth-order valence-corrected chi connectivity index (χ4v) is 2.80. The minimum Gasteiger partial charge on any atom is -0.378 e. The molecule has 0 spiro atoms. The van der Waals surface area contributed by atoms with Gasteiger partial charge in [0.05, 0.1) is 25.4 Å². The molecule has 2 fully saturated rings. The maximum atomic E-state index is 12.2. The molecular weight excluding hydrogens is 232 g/mol. The van der Waals surface area contributed by atoms with Gasteiger partial charge in [0.25, 0.3) is 0 Å². The second-order valence-corrected chi connectivity index (χ2v) is 5.35. The quantitative estimate of drug-likeness (QED) is 0.788. The van der Waals surface area contributed by atoms with E-state index in [2.05, 4.69) is 12.2 Å². The smallest absolute Gasteiger partial charge is 0.240 e. The number of hydrogen-bond acceptors (Lipinski definition) is 4. The molecule has 0 saturated carbocycles. The van der Waals surface area contributed by atoms with Gasteiger partial charge in [0, 0.05) is 20.1 Å². The van der Waals surface area contributed by atoms with Crippen molar-refractivity contribution in [3.63, 3.8) is 0 Å². The van der Waals surface area contributed by atoms with E-state index in [-0.39, 0.29) is 23.7 Å². The Kier molecular flexibility index (Phi) is 4.25. The van der Waals surface area contributed by atoms with Crippen LogP contribution < -0.4 is 5.32 Å². The predicted octanol–water partition coefficient (Wildman–Crippen LogP) is 0.738. The molecule has 2 rings (SSSR count). The average molecular weight is 256 g/mol. The Labute approximate surface area is 109 Å². The summed E-state index contributed by atoms with van der Waals surface area (Å²) >= 11 is 0. The summed E-state index contributed by atoms with van der Waals surface area (Å²) in [4.78, 5) is 14.1. The highest BCUT2D eigenvalue weighted by atomic mass is 16.5. The monoisotopic (exact) mass is 256 g/mol. The SMILES string of the molecule is CCCC1NC(C)C(=O)N1CC1(OC)CCOC1. The van der Waals surface area contributed by atoms with Gasteiger partial charge in [-0.1, -0.05) is 13.3 Å². The van der Waals surface area contributed by atoms with Gasteiger partial charge < -0.3 is 14.4 Å². The van der Waals surface area contributed by atoms with Crippen LogP contribution in [0.4, 0.5) is 0 Å². The van der Waals surface area contributed by atoms with Crippen LogP contribution >= 0.6 is 0 Å². The van der Waals surface area contributed by atoms with Crippen LogP contribution in [0, 0.1) is 0 Å². The Bertz CT molecular complexity index is 303. The number of ether oxygens (including phenoxy) is 2. The number of amides is 1. The number of nitrogens with one attached hydrogen (secondary N) is 1. The van der Waals surface area contributed by atoms with E-state index in [0.29, 0.717) is 13.2 Å². The number of carbonyl (C=O) groups excluding carboxylic acids is 1. The maximum absolute atomic E-state index is 12.2. The summed E-state index contributed by atoms with van der Waals surface area (Å²) in [5, 5.41) is 3.35. The van der Waals surface area contributed by atoms with Gasteiger partial charge in [-0.05, 0) is 13.3 Å². The van der Waals surface area contributed by atoms with Crippen molar-refractivity contribution >= 4 is 5.91 Å². The molecule has 2 saturated heterocycles.